The number of hydrogen-bond donors (Lipinski definition) is 2. The van der Waals surface area contributed by atoms with Crippen molar-refractivity contribution >= 4 is 22.4 Å². The highest BCUT2D eigenvalue weighted by molar-refractivity contribution is 7.15. The molecule has 1 aromatic heterocycles. The minimum absolute atomic E-state index is 0.177. The summed E-state index contributed by atoms with van der Waals surface area (Å²) in [5, 5.41) is 13.0. The average molecular weight is 254 g/mol. The molecule has 0 radical (unpaired) electrons. The monoisotopic (exact) mass is 254 g/mol. The Labute approximate surface area is 105 Å². The minimum Gasteiger partial charge on any atom is -0.476 e. The molecular weight excluding hydrogens is 236 g/mol. The van der Waals surface area contributed by atoms with Crippen LogP contribution in [0.15, 0.2) is 0 Å². The van der Waals surface area contributed by atoms with Gasteiger partial charge in [-0.25, -0.2) is 9.78 Å². The number of anilines is 1. The molecule has 0 aromatic carbocycles. The van der Waals surface area contributed by atoms with Crippen molar-refractivity contribution in [3.8, 4) is 0 Å². The molecular formula is C12H18N2O2S. The van der Waals surface area contributed by atoms with Crippen LogP contribution in [0.4, 0.5) is 5.13 Å². The molecule has 1 aromatic rings. The maximum absolute atomic E-state index is 10.9. The highest BCUT2D eigenvalue weighted by atomic mass is 32.1. The molecule has 0 aliphatic heterocycles. The third kappa shape index (κ3) is 2.77. The van der Waals surface area contributed by atoms with Crippen molar-refractivity contribution in [3.05, 3.63) is 10.6 Å². The summed E-state index contributed by atoms with van der Waals surface area (Å²) in [7, 11) is 0. The fraction of sp³-hybridized carbons (Fsp3) is 0.667. The highest BCUT2D eigenvalue weighted by Crippen LogP contribution is 2.30. The van der Waals surface area contributed by atoms with Crippen molar-refractivity contribution in [2.45, 2.75) is 45.6 Å². The summed E-state index contributed by atoms with van der Waals surface area (Å²) in [6, 6.07) is 0.379. The molecule has 1 unspecified atom stereocenters. The summed E-state index contributed by atoms with van der Waals surface area (Å²) in [6.45, 7) is 3.96. The van der Waals surface area contributed by atoms with Crippen LogP contribution < -0.4 is 5.32 Å². The van der Waals surface area contributed by atoms with E-state index in [4.69, 9.17) is 5.11 Å². The van der Waals surface area contributed by atoms with Crippen molar-refractivity contribution in [2.75, 3.05) is 5.32 Å². The van der Waals surface area contributed by atoms with Gasteiger partial charge < -0.3 is 10.4 Å². The lowest BCUT2D eigenvalue weighted by Crippen LogP contribution is -2.23. The van der Waals surface area contributed by atoms with Crippen LogP contribution in [-0.4, -0.2) is 22.1 Å². The van der Waals surface area contributed by atoms with Gasteiger partial charge in [0.1, 0.15) is 0 Å². The quantitative estimate of drug-likeness (QED) is 0.866. The van der Waals surface area contributed by atoms with E-state index in [1.54, 1.807) is 6.92 Å². The SMILES string of the molecule is Cc1sc(NC(C)C2CCCC2)nc1C(=O)O. The second-order valence-corrected chi connectivity index (χ2v) is 5.91. The molecule has 94 valence electrons. The normalized spacial score (nSPS) is 18.2. The first-order chi connectivity index (χ1) is 8.08. The predicted octanol–water partition coefficient (Wildman–Crippen LogP) is 3.14. The largest absolute Gasteiger partial charge is 0.476 e. The summed E-state index contributed by atoms with van der Waals surface area (Å²) in [4.78, 5) is 15.8. The molecule has 17 heavy (non-hydrogen) atoms. The molecule has 0 spiro atoms. The smallest absolute Gasteiger partial charge is 0.355 e. The van der Waals surface area contributed by atoms with E-state index in [2.05, 4.69) is 17.2 Å². The number of hydrogen-bond acceptors (Lipinski definition) is 4. The van der Waals surface area contributed by atoms with Gasteiger partial charge in [-0.15, -0.1) is 11.3 Å². The van der Waals surface area contributed by atoms with E-state index in [0.29, 0.717) is 12.0 Å². The number of carboxylic acids is 1. The number of rotatable bonds is 4. The van der Waals surface area contributed by atoms with Crippen molar-refractivity contribution in [1.29, 1.82) is 0 Å². The van der Waals surface area contributed by atoms with Gasteiger partial charge in [0, 0.05) is 10.9 Å². The number of aromatic carboxylic acids is 1. The molecule has 1 aliphatic rings. The molecule has 0 amide bonds. The summed E-state index contributed by atoms with van der Waals surface area (Å²) in [6.07, 6.45) is 5.16. The average Bonchev–Trinajstić information content (AvgIpc) is 2.86. The van der Waals surface area contributed by atoms with E-state index in [9.17, 15) is 4.79 Å². The second-order valence-electron chi connectivity index (χ2n) is 4.71. The zero-order chi connectivity index (χ0) is 12.4. The van der Waals surface area contributed by atoms with E-state index in [1.165, 1.54) is 37.0 Å². The number of nitrogens with zero attached hydrogens (tertiary/aromatic N) is 1. The molecule has 4 nitrogen and oxygen atoms in total. The Bertz CT molecular complexity index is 411. The van der Waals surface area contributed by atoms with Crippen LogP contribution in [0.1, 0.15) is 48.0 Å². The Morgan fingerprint density at radius 3 is 2.71 bits per heavy atom. The van der Waals surface area contributed by atoms with Crippen molar-refractivity contribution in [3.63, 3.8) is 0 Å². The first kappa shape index (κ1) is 12.4. The first-order valence-electron chi connectivity index (χ1n) is 6.05. The molecule has 1 heterocycles. The minimum atomic E-state index is -0.944. The molecule has 1 saturated carbocycles. The van der Waals surface area contributed by atoms with Gasteiger partial charge in [-0.1, -0.05) is 12.8 Å². The van der Waals surface area contributed by atoms with Gasteiger partial charge in [-0.2, -0.15) is 0 Å². The zero-order valence-corrected chi connectivity index (χ0v) is 11.0. The van der Waals surface area contributed by atoms with Gasteiger partial charge in [0.25, 0.3) is 0 Å². The van der Waals surface area contributed by atoms with Gasteiger partial charge in [0.05, 0.1) is 0 Å². The number of carbonyl (C=O) groups is 1. The zero-order valence-electron chi connectivity index (χ0n) is 10.2. The van der Waals surface area contributed by atoms with Crippen molar-refractivity contribution in [2.24, 2.45) is 5.92 Å². The number of aromatic nitrogens is 1. The molecule has 1 atom stereocenters. The van der Waals surface area contributed by atoms with Crippen LogP contribution in [-0.2, 0) is 0 Å². The molecule has 0 bridgehead atoms. The van der Waals surface area contributed by atoms with Crippen molar-refractivity contribution < 1.29 is 9.90 Å². The molecule has 1 aliphatic carbocycles. The van der Waals surface area contributed by atoms with E-state index in [0.717, 1.165) is 10.0 Å². The van der Waals surface area contributed by atoms with E-state index >= 15 is 0 Å². The third-order valence-corrected chi connectivity index (χ3v) is 4.36. The topological polar surface area (TPSA) is 62.2 Å². The lowest BCUT2D eigenvalue weighted by molar-refractivity contribution is 0.0690. The van der Waals surface area contributed by atoms with Gasteiger partial charge in [-0.3, -0.25) is 0 Å². The van der Waals surface area contributed by atoms with Crippen LogP contribution in [0, 0.1) is 12.8 Å². The lowest BCUT2D eigenvalue weighted by atomic mass is 10.0. The van der Waals surface area contributed by atoms with E-state index in [-0.39, 0.29) is 5.69 Å². The lowest BCUT2D eigenvalue weighted by Gasteiger charge is -2.19. The van der Waals surface area contributed by atoms with Gasteiger partial charge in [0.2, 0.25) is 0 Å². The number of carboxylic acid groups (broad SMARTS) is 1. The van der Waals surface area contributed by atoms with Crippen LogP contribution in [0.25, 0.3) is 0 Å². The molecule has 1 fully saturated rings. The highest BCUT2D eigenvalue weighted by Gasteiger charge is 2.23. The van der Waals surface area contributed by atoms with Crippen LogP contribution in [0.3, 0.4) is 0 Å². The third-order valence-electron chi connectivity index (χ3n) is 3.46. The number of thiazole rings is 1. The predicted molar refractivity (Wildman–Crippen MR) is 68.9 cm³/mol. The molecule has 2 N–H and O–H groups in total. The van der Waals surface area contributed by atoms with Crippen molar-refractivity contribution in [1.82, 2.24) is 4.98 Å². The Morgan fingerprint density at radius 1 is 1.53 bits per heavy atom. The second kappa shape index (κ2) is 5.04. The fourth-order valence-corrected chi connectivity index (χ4v) is 3.33. The van der Waals surface area contributed by atoms with Crippen LogP contribution in [0.2, 0.25) is 0 Å². The summed E-state index contributed by atoms with van der Waals surface area (Å²) >= 11 is 1.43. The Morgan fingerprint density at radius 2 is 2.18 bits per heavy atom. The Kier molecular flexibility index (Phi) is 3.66. The van der Waals surface area contributed by atoms with Gasteiger partial charge >= 0.3 is 5.97 Å². The summed E-state index contributed by atoms with van der Waals surface area (Å²) in [5.74, 6) is -0.243. The molecule has 2 rings (SSSR count). The first-order valence-corrected chi connectivity index (χ1v) is 6.87. The van der Waals surface area contributed by atoms with E-state index < -0.39 is 5.97 Å². The Hall–Kier alpha value is -1.10. The van der Waals surface area contributed by atoms with Crippen LogP contribution >= 0.6 is 11.3 Å². The maximum Gasteiger partial charge on any atom is 0.355 e. The van der Waals surface area contributed by atoms with E-state index in [1.807, 2.05) is 0 Å². The number of nitrogens with one attached hydrogen (secondary N) is 1. The Balaban J connectivity index is 2.03. The number of aryl methyl sites for hydroxylation is 1. The van der Waals surface area contributed by atoms with Gasteiger partial charge in [-0.05, 0) is 32.6 Å². The fourth-order valence-electron chi connectivity index (χ4n) is 2.43. The molecule has 5 heteroatoms. The van der Waals surface area contributed by atoms with Gasteiger partial charge in [0.15, 0.2) is 10.8 Å². The maximum atomic E-state index is 10.9. The van der Waals surface area contributed by atoms with Crippen LogP contribution in [0.5, 0.6) is 0 Å². The summed E-state index contributed by atoms with van der Waals surface area (Å²) < 4.78 is 0. The summed E-state index contributed by atoms with van der Waals surface area (Å²) in [5.41, 5.74) is 0.177. The molecule has 0 saturated heterocycles. The standard InChI is InChI=1S/C12H18N2O2S/c1-7(9-5-3-4-6-9)13-12-14-10(11(15)16)8(2)17-12/h7,9H,3-6H2,1-2H3,(H,13,14)(H,15,16).